The average molecular weight is 490 g/mol. The molecule has 2 aliphatic carbocycles. The van der Waals surface area contributed by atoms with Gasteiger partial charge in [0.05, 0.1) is 24.3 Å². The lowest BCUT2D eigenvalue weighted by molar-refractivity contribution is -0.169. The van der Waals surface area contributed by atoms with E-state index < -0.39 is 34.6 Å². The molecule has 7 heteroatoms. The summed E-state index contributed by atoms with van der Waals surface area (Å²) in [5.41, 5.74) is -2.14. The molecule has 2 aromatic carbocycles. The third kappa shape index (κ3) is 2.93. The van der Waals surface area contributed by atoms with Crippen LogP contribution in [0.3, 0.4) is 0 Å². The first-order valence-electron chi connectivity index (χ1n) is 12.6. The van der Waals surface area contributed by atoms with Gasteiger partial charge in [0.25, 0.3) is 0 Å². The second kappa shape index (κ2) is 7.92. The molecule has 7 nitrogen and oxygen atoms in total. The van der Waals surface area contributed by atoms with Crippen molar-refractivity contribution in [3.05, 3.63) is 72.3 Å². The maximum absolute atomic E-state index is 13.8. The SMILES string of the molecule is COc1cccc([C@H]2CC3(ON2c2ccccc2)C(=O)O[C@@H]2[C@H]3CC[C@H](C)[C@]3(O)C=CC(=O)[C@@]23C)c1. The van der Waals surface area contributed by atoms with E-state index in [0.717, 1.165) is 17.0 Å². The number of esters is 1. The Labute approximate surface area is 210 Å². The normalized spacial score (nSPS) is 39.2. The summed E-state index contributed by atoms with van der Waals surface area (Å²) in [7, 11) is 1.63. The van der Waals surface area contributed by atoms with E-state index in [2.05, 4.69) is 0 Å². The number of allylic oxidation sites excluding steroid dienone is 1. The summed E-state index contributed by atoms with van der Waals surface area (Å²) in [4.78, 5) is 33.7. The Bertz CT molecular complexity index is 1250. The molecule has 3 fully saturated rings. The van der Waals surface area contributed by atoms with E-state index in [1.165, 1.54) is 6.08 Å². The minimum Gasteiger partial charge on any atom is -0.497 e. The lowest BCUT2D eigenvalue weighted by Crippen LogP contribution is -2.57. The maximum Gasteiger partial charge on any atom is 0.342 e. The molecule has 1 N–H and O–H groups in total. The van der Waals surface area contributed by atoms with E-state index in [1.807, 2.05) is 61.5 Å². The van der Waals surface area contributed by atoms with E-state index >= 15 is 0 Å². The number of hydrogen-bond acceptors (Lipinski definition) is 7. The molecule has 0 aromatic heterocycles. The number of ketones is 1. The largest absolute Gasteiger partial charge is 0.497 e. The monoisotopic (exact) mass is 489 g/mol. The summed E-state index contributed by atoms with van der Waals surface area (Å²) < 4.78 is 11.5. The maximum atomic E-state index is 13.8. The molecule has 1 unspecified atom stereocenters. The van der Waals surface area contributed by atoms with Gasteiger partial charge in [-0.3, -0.25) is 9.63 Å². The van der Waals surface area contributed by atoms with Gasteiger partial charge in [0.2, 0.25) is 5.60 Å². The van der Waals surface area contributed by atoms with Crippen LogP contribution in [0.1, 0.15) is 44.7 Å². The van der Waals surface area contributed by atoms with Crippen LogP contribution in [0.15, 0.2) is 66.7 Å². The predicted molar refractivity (Wildman–Crippen MR) is 132 cm³/mol. The molecule has 36 heavy (non-hydrogen) atoms. The molecule has 188 valence electrons. The van der Waals surface area contributed by atoms with Crippen LogP contribution < -0.4 is 9.80 Å². The number of fused-ring (bicyclic) bond motifs is 4. The Kier molecular flexibility index (Phi) is 5.11. The molecule has 0 amide bonds. The fourth-order valence-corrected chi connectivity index (χ4v) is 6.93. The fraction of sp³-hybridized carbons (Fsp3) is 0.448. The Morgan fingerprint density at radius 3 is 2.61 bits per heavy atom. The molecular formula is C29H31NO6. The zero-order valence-corrected chi connectivity index (χ0v) is 20.7. The quantitative estimate of drug-likeness (QED) is 0.648. The topological polar surface area (TPSA) is 85.3 Å². The second-order valence-corrected chi connectivity index (χ2v) is 10.8. The van der Waals surface area contributed by atoms with Crippen molar-refractivity contribution in [3.8, 4) is 5.75 Å². The highest BCUT2D eigenvalue weighted by Crippen LogP contribution is 2.61. The number of methoxy groups -OCH3 is 1. The van der Waals surface area contributed by atoms with Gasteiger partial charge in [0, 0.05) is 12.3 Å². The molecule has 1 saturated carbocycles. The zero-order valence-electron chi connectivity index (χ0n) is 20.7. The molecule has 2 aliphatic heterocycles. The van der Waals surface area contributed by atoms with Crippen LogP contribution in [-0.2, 0) is 19.2 Å². The van der Waals surface area contributed by atoms with Crippen LogP contribution in [0.2, 0.25) is 0 Å². The van der Waals surface area contributed by atoms with Crippen molar-refractivity contribution < 1.29 is 29.0 Å². The number of ether oxygens (including phenoxy) is 2. The van der Waals surface area contributed by atoms with Crippen molar-refractivity contribution in [2.45, 2.75) is 56.5 Å². The molecular weight excluding hydrogens is 458 g/mol. The van der Waals surface area contributed by atoms with Crippen molar-refractivity contribution in [3.63, 3.8) is 0 Å². The summed E-state index contributed by atoms with van der Waals surface area (Å²) in [6.07, 6.45) is 3.86. The number of nitrogens with zero attached hydrogens (tertiary/aromatic N) is 1. The van der Waals surface area contributed by atoms with Gasteiger partial charge in [-0.2, -0.15) is 0 Å². The highest BCUT2D eigenvalue weighted by atomic mass is 16.7. The average Bonchev–Trinajstić information content (AvgIpc) is 3.49. The predicted octanol–water partition coefficient (Wildman–Crippen LogP) is 4.16. The number of aliphatic hydroxyl groups is 1. The lowest BCUT2D eigenvalue weighted by Gasteiger charge is -2.43. The highest BCUT2D eigenvalue weighted by Gasteiger charge is 2.74. The first-order valence-corrected chi connectivity index (χ1v) is 12.6. The Hall–Kier alpha value is -3.16. The van der Waals surface area contributed by atoms with Gasteiger partial charge in [-0.15, -0.1) is 0 Å². The van der Waals surface area contributed by atoms with E-state index in [1.54, 1.807) is 25.2 Å². The summed E-state index contributed by atoms with van der Waals surface area (Å²) in [5, 5.41) is 13.5. The van der Waals surface area contributed by atoms with Crippen molar-refractivity contribution in [2.24, 2.45) is 17.3 Å². The first kappa shape index (κ1) is 23.3. The van der Waals surface area contributed by atoms with Gasteiger partial charge in [-0.25, -0.2) is 9.86 Å². The van der Waals surface area contributed by atoms with Crippen LogP contribution in [0.5, 0.6) is 5.75 Å². The third-order valence-electron chi connectivity index (χ3n) is 9.14. The summed E-state index contributed by atoms with van der Waals surface area (Å²) >= 11 is 0. The van der Waals surface area contributed by atoms with Crippen molar-refractivity contribution in [2.75, 3.05) is 12.2 Å². The number of hydroxylamine groups is 1. The fourth-order valence-electron chi connectivity index (χ4n) is 6.93. The molecule has 2 saturated heterocycles. The minimum absolute atomic E-state index is 0.174. The molecule has 2 aromatic rings. The summed E-state index contributed by atoms with van der Waals surface area (Å²) in [6, 6.07) is 17.2. The van der Waals surface area contributed by atoms with Crippen molar-refractivity contribution in [1.29, 1.82) is 0 Å². The van der Waals surface area contributed by atoms with Crippen LogP contribution in [-0.4, -0.2) is 41.3 Å². The smallest absolute Gasteiger partial charge is 0.342 e. The summed E-state index contributed by atoms with van der Waals surface area (Å²) in [6.45, 7) is 3.70. The third-order valence-corrected chi connectivity index (χ3v) is 9.14. The molecule has 4 aliphatic rings. The zero-order chi connectivity index (χ0) is 25.3. The highest BCUT2D eigenvalue weighted by molar-refractivity contribution is 6.00. The van der Waals surface area contributed by atoms with E-state index in [4.69, 9.17) is 14.3 Å². The van der Waals surface area contributed by atoms with Gasteiger partial charge >= 0.3 is 5.97 Å². The van der Waals surface area contributed by atoms with E-state index in [9.17, 15) is 14.7 Å². The van der Waals surface area contributed by atoms with Gasteiger partial charge < -0.3 is 14.6 Å². The summed E-state index contributed by atoms with van der Waals surface area (Å²) in [5.74, 6) is -0.524. The number of para-hydroxylation sites is 1. The van der Waals surface area contributed by atoms with Crippen molar-refractivity contribution >= 4 is 17.4 Å². The number of carbonyl (C=O) groups is 2. The molecule has 0 radical (unpaired) electrons. The molecule has 6 rings (SSSR count). The van der Waals surface area contributed by atoms with Gasteiger partial charge in [0.15, 0.2) is 5.78 Å². The lowest BCUT2D eigenvalue weighted by atomic mass is 9.63. The Morgan fingerprint density at radius 1 is 1.08 bits per heavy atom. The number of benzene rings is 2. The van der Waals surface area contributed by atoms with E-state index in [0.29, 0.717) is 19.3 Å². The first-order chi connectivity index (χ1) is 17.2. The number of hydrogen-bond donors (Lipinski definition) is 1. The van der Waals surface area contributed by atoms with Crippen LogP contribution in [0.25, 0.3) is 0 Å². The standard InChI is InChI=1S/C29H31NO6/c1-18-12-13-22-25(27(2)24(31)14-15-29(18,27)33)35-26(32)28(22)17-23(19-8-7-11-21(16-19)34-3)30(36-28)20-9-5-4-6-10-20/h4-11,14-16,18,22-23,25,33H,12-13,17H2,1-3H3/t18-,22+,23+,25+,27-,28?,29+/m0/s1. The number of carbonyl (C=O) groups excluding carboxylic acids is 2. The second-order valence-electron chi connectivity index (χ2n) is 10.8. The number of rotatable bonds is 3. The Balaban J connectivity index is 1.46. The van der Waals surface area contributed by atoms with Crippen LogP contribution in [0, 0.1) is 17.3 Å². The van der Waals surface area contributed by atoms with Gasteiger partial charge in [-0.1, -0.05) is 37.3 Å². The molecule has 1 spiro atoms. The van der Waals surface area contributed by atoms with Crippen LogP contribution >= 0.6 is 0 Å². The molecule has 0 bridgehead atoms. The van der Waals surface area contributed by atoms with E-state index in [-0.39, 0.29) is 17.7 Å². The Morgan fingerprint density at radius 2 is 1.86 bits per heavy atom. The molecule has 7 atom stereocenters. The van der Waals surface area contributed by atoms with Crippen molar-refractivity contribution in [1.82, 2.24) is 0 Å². The van der Waals surface area contributed by atoms with Gasteiger partial charge in [0.1, 0.15) is 17.5 Å². The molecule has 2 heterocycles. The minimum atomic E-state index is -1.38. The van der Waals surface area contributed by atoms with Crippen LogP contribution in [0.4, 0.5) is 5.69 Å². The van der Waals surface area contributed by atoms with Gasteiger partial charge in [-0.05, 0) is 67.7 Å². The number of anilines is 1.